The smallest absolute Gasteiger partial charge is 0.324 e. The van der Waals surface area contributed by atoms with Gasteiger partial charge in [0.25, 0.3) is 0 Å². The highest BCUT2D eigenvalue weighted by Crippen LogP contribution is 2.38. The minimum Gasteiger partial charge on any atom is -0.481 e. The fraction of sp³-hybridized carbons (Fsp3) is 0.423. The van der Waals surface area contributed by atoms with Crippen LogP contribution in [0.25, 0.3) is 0 Å². The molecule has 2 atom stereocenters. The maximum atomic E-state index is 13.7. The molecule has 12 heteroatoms. The first-order chi connectivity index (χ1) is 17.8. The van der Waals surface area contributed by atoms with Crippen molar-refractivity contribution in [3.63, 3.8) is 0 Å². The molecule has 2 aliphatic rings. The zero-order valence-electron chi connectivity index (χ0n) is 20.8. The lowest BCUT2D eigenvalue weighted by atomic mass is 9.77. The van der Waals surface area contributed by atoms with Gasteiger partial charge < -0.3 is 15.3 Å². The van der Waals surface area contributed by atoms with Crippen LogP contribution < -0.4 is 10.2 Å². The zero-order valence-corrected chi connectivity index (χ0v) is 23.2. The Morgan fingerprint density at radius 1 is 1.11 bits per heavy atom. The average molecular weight is 583 g/mol. The van der Waals surface area contributed by atoms with Crippen molar-refractivity contribution in [1.82, 2.24) is 10.2 Å². The first-order valence-corrected chi connectivity index (χ1v) is 14.7. The summed E-state index contributed by atoms with van der Waals surface area (Å²) in [5.41, 5.74) is 1.04. The number of carboxylic acid groups (broad SMARTS) is 1. The van der Waals surface area contributed by atoms with E-state index in [4.69, 9.17) is 23.2 Å². The Bertz CT molecular complexity index is 1350. The predicted octanol–water partition coefficient (Wildman–Crippen LogP) is 3.90. The number of sulfone groups is 1. The van der Waals surface area contributed by atoms with E-state index in [9.17, 15) is 27.9 Å². The summed E-state index contributed by atoms with van der Waals surface area (Å²) in [6.07, 6.45) is -0.255. The molecule has 2 saturated heterocycles. The van der Waals surface area contributed by atoms with Gasteiger partial charge in [0.05, 0.1) is 17.9 Å². The molecule has 2 fully saturated rings. The summed E-state index contributed by atoms with van der Waals surface area (Å²) in [6.45, 7) is 2.00. The van der Waals surface area contributed by atoms with Crippen molar-refractivity contribution in [2.24, 2.45) is 5.41 Å². The molecule has 0 aliphatic carbocycles. The molecular formula is C26H29Cl2N3O6S. The third-order valence-electron chi connectivity index (χ3n) is 6.90. The Labute approximate surface area is 231 Å². The Kier molecular flexibility index (Phi) is 8.25. The lowest BCUT2D eigenvalue weighted by molar-refractivity contribution is -0.140. The van der Waals surface area contributed by atoms with E-state index in [0.717, 1.165) is 5.56 Å². The van der Waals surface area contributed by atoms with E-state index in [1.807, 2.05) is 19.1 Å². The van der Waals surface area contributed by atoms with E-state index in [-0.39, 0.29) is 50.0 Å². The number of rotatable bonds is 8. The van der Waals surface area contributed by atoms with Crippen LogP contribution >= 0.6 is 23.2 Å². The van der Waals surface area contributed by atoms with Crippen LogP contribution in [0, 0.1) is 12.3 Å². The van der Waals surface area contributed by atoms with Gasteiger partial charge in [0.15, 0.2) is 9.84 Å². The summed E-state index contributed by atoms with van der Waals surface area (Å²) in [7, 11) is -3.21. The number of amides is 3. The quantitative estimate of drug-likeness (QED) is 0.487. The molecule has 2 aromatic rings. The number of anilines is 1. The maximum Gasteiger partial charge on any atom is 0.324 e. The Morgan fingerprint density at radius 2 is 1.82 bits per heavy atom. The van der Waals surface area contributed by atoms with Gasteiger partial charge in [-0.2, -0.15) is 0 Å². The summed E-state index contributed by atoms with van der Waals surface area (Å²) in [6, 6.07) is 11.3. The molecule has 9 nitrogen and oxygen atoms in total. The molecule has 2 heterocycles. The largest absolute Gasteiger partial charge is 0.481 e. The number of carboxylic acids is 1. The zero-order chi connectivity index (χ0) is 27.7. The molecule has 2 unspecified atom stereocenters. The second kappa shape index (κ2) is 11.1. The van der Waals surface area contributed by atoms with Crippen molar-refractivity contribution in [2.75, 3.05) is 29.5 Å². The van der Waals surface area contributed by atoms with Gasteiger partial charge in [0.2, 0.25) is 5.91 Å². The van der Waals surface area contributed by atoms with Gasteiger partial charge in [-0.25, -0.2) is 13.2 Å². The Hall–Kier alpha value is -2.82. The van der Waals surface area contributed by atoms with Crippen LogP contribution in [-0.2, 0) is 26.0 Å². The summed E-state index contributed by atoms with van der Waals surface area (Å²) in [5.74, 6) is -1.69. The predicted molar refractivity (Wildman–Crippen MR) is 145 cm³/mol. The lowest BCUT2D eigenvalue weighted by Crippen LogP contribution is -2.60. The fourth-order valence-electron chi connectivity index (χ4n) is 5.14. The number of carbonyl (C=O) groups excluding carboxylic acids is 2. The molecule has 0 bridgehead atoms. The van der Waals surface area contributed by atoms with E-state index in [1.54, 1.807) is 30.3 Å². The van der Waals surface area contributed by atoms with Crippen molar-refractivity contribution >= 4 is 56.6 Å². The first-order valence-electron chi connectivity index (χ1n) is 12.1. The number of hydrogen-bond donors (Lipinski definition) is 2. The van der Waals surface area contributed by atoms with Crippen LogP contribution in [0.5, 0.6) is 0 Å². The standard InChI is InChI=1S/C26H29Cl2N3O6S/c1-17-2-6-21(7-3-17)31-16-26(12-24(33)34,11-23(32)29-20-8-9-38(36,37)14-20)15-30(25(31)35)13-18-4-5-19(27)10-22(18)28/h2-7,10,20H,8-9,11-16H2,1H3,(H,29,32)(H,33,34). The minimum absolute atomic E-state index is 0.00241. The highest BCUT2D eigenvalue weighted by molar-refractivity contribution is 7.91. The number of aryl methyl sites for hydroxylation is 1. The summed E-state index contributed by atoms with van der Waals surface area (Å²) in [4.78, 5) is 41.8. The molecule has 4 rings (SSSR count). The van der Waals surface area contributed by atoms with Gasteiger partial charge in [0.1, 0.15) is 0 Å². The third kappa shape index (κ3) is 6.78. The van der Waals surface area contributed by atoms with Crippen LogP contribution in [0.1, 0.15) is 30.4 Å². The van der Waals surface area contributed by atoms with Crippen LogP contribution in [0.3, 0.4) is 0 Å². The van der Waals surface area contributed by atoms with Crippen molar-refractivity contribution < 1.29 is 27.9 Å². The average Bonchev–Trinajstić information content (AvgIpc) is 3.15. The summed E-state index contributed by atoms with van der Waals surface area (Å²) < 4.78 is 23.7. The van der Waals surface area contributed by atoms with Crippen molar-refractivity contribution in [2.45, 2.75) is 38.8 Å². The number of aliphatic carboxylic acids is 1. The molecule has 0 saturated carbocycles. The SMILES string of the molecule is Cc1ccc(N2CC(CC(=O)O)(CC(=O)NC3CCS(=O)(=O)C3)CN(Cc3ccc(Cl)cc3Cl)C2=O)cc1. The summed E-state index contributed by atoms with van der Waals surface area (Å²) >= 11 is 12.4. The second-order valence-corrected chi connectivity index (χ2v) is 13.3. The van der Waals surface area contributed by atoms with Gasteiger partial charge in [-0.1, -0.05) is 47.0 Å². The van der Waals surface area contributed by atoms with Gasteiger partial charge in [-0.05, 0) is 43.2 Å². The molecule has 2 N–H and O–H groups in total. The molecule has 38 heavy (non-hydrogen) atoms. The number of nitrogens with one attached hydrogen (secondary N) is 1. The Balaban J connectivity index is 1.67. The van der Waals surface area contributed by atoms with Crippen LogP contribution in [0.2, 0.25) is 10.0 Å². The minimum atomic E-state index is -3.21. The van der Waals surface area contributed by atoms with Crippen LogP contribution in [0.15, 0.2) is 42.5 Å². The normalized spacial score (nSPS) is 22.9. The van der Waals surface area contributed by atoms with Gasteiger partial charge >= 0.3 is 12.0 Å². The third-order valence-corrected chi connectivity index (χ3v) is 9.26. The van der Waals surface area contributed by atoms with Crippen molar-refractivity contribution in [3.05, 3.63) is 63.6 Å². The fourth-order valence-corrected chi connectivity index (χ4v) is 7.28. The molecule has 3 amide bonds. The van der Waals surface area contributed by atoms with Crippen LogP contribution in [0.4, 0.5) is 10.5 Å². The number of benzene rings is 2. The molecule has 0 aromatic heterocycles. The number of halogens is 2. The van der Waals surface area contributed by atoms with E-state index < -0.39 is 33.2 Å². The highest BCUT2D eigenvalue weighted by Gasteiger charge is 2.46. The van der Waals surface area contributed by atoms with Gasteiger partial charge in [-0.3, -0.25) is 14.5 Å². The van der Waals surface area contributed by atoms with Gasteiger partial charge in [-0.15, -0.1) is 0 Å². The van der Waals surface area contributed by atoms with E-state index in [0.29, 0.717) is 27.7 Å². The molecule has 204 valence electrons. The lowest BCUT2D eigenvalue weighted by Gasteiger charge is -2.47. The van der Waals surface area contributed by atoms with Crippen molar-refractivity contribution in [3.8, 4) is 0 Å². The molecule has 0 spiro atoms. The number of urea groups is 1. The Morgan fingerprint density at radius 3 is 2.42 bits per heavy atom. The van der Waals surface area contributed by atoms with Crippen molar-refractivity contribution in [1.29, 1.82) is 0 Å². The first kappa shape index (κ1) is 28.2. The topological polar surface area (TPSA) is 124 Å². The molecule has 2 aliphatic heterocycles. The van der Waals surface area contributed by atoms with Crippen LogP contribution in [-0.4, -0.2) is 67.0 Å². The maximum absolute atomic E-state index is 13.7. The monoisotopic (exact) mass is 581 g/mol. The number of hydrogen-bond acceptors (Lipinski definition) is 5. The second-order valence-electron chi connectivity index (χ2n) is 10.2. The van der Waals surface area contributed by atoms with E-state index in [2.05, 4.69) is 5.32 Å². The number of carbonyl (C=O) groups is 3. The highest BCUT2D eigenvalue weighted by atomic mass is 35.5. The van der Waals surface area contributed by atoms with Gasteiger partial charge in [0, 0.05) is 53.2 Å². The molecule has 2 aromatic carbocycles. The van der Waals surface area contributed by atoms with E-state index in [1.165, 1.54) is 9.80 Å². The van der Waals surface area contributed by atoms with E-state index >= 15 is 0 Å². The number of nitrogens with zero attached hydrogens (tertiary/aromatic N) is 2. The summed E-state index contributed by atoms with van der Waals surface area (Å²) in [5, 5.41) is 13.4. The molecule has 0 radical (unpaired) electrons. The molecular weight excluding hydrogens is 553 g/mol.